The normalized spacial score (nSPS) is 12.9. The van der Waals surface area contributed by atoms with Gasteiger partial charge in [0.05, 0.1) is 25.5 Å². The van der Waals surface area contributed by atoms with Crippen LogP contribution in [-0.4, -0.2) is 47.9 Å². The van der Waals surface area contributed by atoms with E-state index >= 15 is 0 Å². The van der Waals surface area contributed by atoms with Gasteiger partial charge in [-0.1, -0.05) is 0 Å². The van der Waals surface area contributed by atoms with Crippen LogP contribution in [0, 0.1) is 0 Å². The number of nitrogens with zero attached hydrogens (tertiary/aromatic N) is 2. The summed E-state index contributed by atoms with van der Waals surface area (Å²) in [6.45, 7) is 1.77. The maximum Gasteiger partial charge on any atom is 0.0700 e. The van der Waals surface area contributed by atoms with E-state index in [1.807, 2.05) is 19.4 Å². The number of hydrogen-bond acceptors (Lipinski definition) is 4. The van der Waals surface area contributed by atoms with Crippen molar-refractivity contribution in [3.05, 3.63) is 18.0 Å². The van der Waals surface area contributed by atoms with Crippen LogP contribution in [0.3, 0.4) is 0 Å². The van der Waals surface area contributed by atoms with Crippen molar-refractivity contribution < 1.29 is 14.6 Å². The minimum Gasteiger partial charge on any atom is -0.393 e. The fraction of sp³-hybridized carbons (Fsp3) is 0.750. The third-order valence-corrected chi connectivity index (χ3v) is 2.55. The van der Waals surface area contributed by atoms with Crippen molar-refractivity contribution in [3.8, 4) is 0 Å². The van der Waals surface area contributed by atoms with Gasteiger partial charge < -0.3 is 14.6 Å². The van der Waals surface area contributed by atoms with Crippen LogP contribution in [-0.2, 0) is 22.9 Å². The topological polar surface area (TPSA) is 56.5 Å². The van der Waals surface area contributed by atoms with E-state index in [9.17, 15) is 5.11 Å². The van der Waals surface area contributed by atoms with Crippen LogP contribution in [0.2, 0.25) is 0 Å². The molecule has 1 N–H and O–H groups in total. The van der Waals surface area contributed by atoms with Crippen molar-refractivity contribution in [1.82, 2.24) is 9.78 Å². The summed E-state index contributed by atoms with van der Waals surface area (Å²) in [4.78, 5) is 0. The molecule has 1 rings (SSSR count). The van der Waals surface area contributed by atoms with Crippen LogP contribution in [0.1, 0.15) is 18.4 Å². The Morgan fingerprint density at radius 2 is 2.18 bits per heavy atom. The predicted octanol–water partition coefficient (Wildman–Crippen LogP) is 0.767. The zero-order valence-corrected chi connectivity index (χ0v) is 10.6. The number of hydrogen-bond donors (Lipinski definition) is 1. The highest BCUT2D eigenvalue weighted by Crippen LogP contribution is 2.06. The molecule has 0 saturated carbocycles. The number of aromatic nitrogens is 2. The molecule has 1 unspecified atom stereocenters. The molecule has 0 fully saturated rings. The minimum atomic E-state index is -0.308. The first-order valence-electron chi connectivity index (χ1n) is 5.94. The van der Waals surface area contributed by atoms with E-state index in [0.717, 1.165) is 18.4 Å². The number of rotatable bonds is 9. The summed E-state index contributed by atoms with van der Waals surface area (Å²) < 4.78 is 11.9. The maximum atomic E-state index is 9.74. The zero-order chi connectivity index (χ0) is 12.5. The van der Waals surface area contributed by atoms with Crippen molar-refractivity contribution >= 4 is 0 Å². The lowest BCUT2D eigenvalue weighted by Gasteiger charge is -2.09. The Labute approximate surface area is 102 Å². The van der Waals surface area contributed by atoms with Gasteiger partial charge in [-0.3, -0.25) is 4.68 Å². The molecular formula is C12H22N2O3. The molecule has 0 radical (unpaired) electrons. The summed E-state index contributed by atoms with van der Waals surface area (Å²) in [5.74, 6) is 0. The van der Waals surface area contributed by atoms with E-state index in [2.05, 4.69) is 5.10 Å². The molecule has 5 heteroatoms. The van der Waals surface area contributed by atoms with Crippen molar-refractivity contribution in [2.24, 2.45) is 7.05 Å². The van der Waals surface area contributed by atoms with Crippen molar-refractivity contribution in [3.63, 3.8) is 0 Å². The van der Waals surface area contributed by atoms with E-state index in [-0.39, 0.29) is 6.10 Å². The second-order valence-corrected chi connectivity index (χ2v) is 4.11. The lowest BCUT2D eigenvalue weighted by molar-refractivity contribution is 0.0461. The summed E-state index contributed by atoms with van der Waals surface area (Å²) in [6, 6.07) is 0. The fourth-order valence-electron chi connectivity index (χ4n) is 1.54. The van der Waals surface area contributed by atoms with Crippen LogP contribution >= 0.6 is 0 Å². The molecule has 1 aromatic heterocycles. The van der Waals surface area contributed by atoms with Gasteiger partial charge in [0.2, 0.25) is 0 Å². The number of aliphatic hydroxyl groups is 1. The molecule has 0 saturated heterocycles. The van der Waals surface area contributed by atoms with E-state index in [4.69, 9.17) is 9.47 Å². The molecule has 0 bridgehead atoms. The largest absolute Gasteiger partial charge is 0.393 e. The summed E-state index contributed by atoms with van der Waals surface area (Å²) in [5.41, 5.74) is 1.16. The van der Waals surface area contributed by atoms with Gasteiger partial charge in [0.15, 0.2) is 0 Å². The highest BCUT2D eigenvalue weighted by Gasteiger charge is 2.05. The first-order valence-corrected chi connectivity index (χ1v) is 5.94. The zero-order valence-electron chi connectivity index (χ0n) is 10.6. The number of aryl methyl sites for hydroxylation is 2. The number of ether oxygens (including phenoxy) is 2. The lowest BCUT2D eigenvalue weighted by Crippen LogP contribution is -2.13. The Hall–Kier alpha value is -0.910. The third-order valence-electron chi connectivity index (χ3n) is 2.55. The minimum absolute atomic E-state index is 0.308. The second-order valence-electron chi connectivity index (χ2n) is 4.11. The molecule has 0 aromatic carbocycles. The van der Waals surface area contributed by atoms with Gasteiger partial charge in [-0.15, -0.1) is 0 Å². The highest BCUT2D eigenvalue weighted by molar-refractivity contribution is 5.03. The van der Waals surface area contributed by atoms with Crippen LogP contribution < -0.4 is 0 Å². The first-order chi connectivity index (χ1) is 8.22. The average molecular weight is 242 g/mol. The van der Waals surface area contributed by atoms with Gasteiger partial charge >= 0.3 is 0 Å². The monoisotopic (exact) mass is 242 g/mol. The summed E-state index contributed by atoms with van der Waals surface area (Å²) >= 11 is 0. The molecule has 0 amide bonds. The van der Waals surface area contributed by atoms with Crippen LogP contribution in [0.4, 0.5) is 0 Å². The first kappa shape index (κ1) is 14.2. The summed E-state index contributed by atoms with van der Waals surface area (Å²) in [6.07, 6.45) is 5.78. The Bertz CT molecular complexity index is 302. The van der Waals surface area contributed by atoms with Crippen LogP contribution in [0.15, 0.2) is 12.4 Å². The Morgan fingerprint density at radius 1 is 1.35 bits per heavy atom. The third kappa shape index (κ3) is 6.41. The number of methoxy groups -OCH3 is 1. The highest BCUT2D eigenvalue weighted by atomic mass is 16.5. The Balaban J connectivity index is 2.03. The molecule has 98 valence electrons. The maximum absolute atomic E-state index is 9.74. The lowest BCUT2D eigenvalue weighted by atomic mass is 10.1. The molecular weight excluding hydrogens is 220 g/mol. The van der Waals surface area contributed by atoms with Gasteiger partial charge in [-0.2, -0.15) is 5.10 Å². The quantitative estimate of drug-likeness (QED) is 0.650. The van der Waals surface area contributed by atoms with Crippen LogP contribution in [0.5, 0.6) is 0 Å². The SMILES string of the molecule is COCCOCCC(O)CCc1cnn(C)c1. The molecule has 1 atom stereocenters. The molecule has 0 aliphatic rings. The number of aliphatic hydroxyl groups excluding tert-OH is 1. The summed E-state index contributed by atoms with van der Waals surface area (Å²) in [7, 11) is 3.54. The molecule has 5 nitrogen and oxygen atoms in total. The van der Waals surface area contributed by atoms with Gasteiger partial charge in [0.25, 0.3) is 0 Å². The van der Waals surface area contributed by atoms with Gasteiger partial charge in [-0.25, -0.2) is 0 Å². The Morgan fingerprint density at radius 3 is 2.82 bits per heavy atom. The standard InChI is InChI=1S/C12H22N2O3/c1-14-10-11(9-13-14)3-4-12(15)5-6-17-8-7-16-2/h9-10,12,15H,3-8H2,1-2H3. The predicted molar refractivity (Wildman–Crippen MR) is 64.8 cm³/mol. The Kier molecular flexibility index (Phi) is 6.84. The second kappa shape index (κ2) is 8.22. The molecule has 1 aromatic rings. The van der Waals surface area contributed by atoms with E-state index in [1.165, 1.54) is 0 Å². The molecule has 0 spiro atoms. The average Bonchev–Trinajstić information content (AvgIpc) is 2.72. The smallest absolute Gasteiger partial charge is 0.0700 e. The van der Waals surface area contributed by atoms with Crippen molar-refractivity contribution in [1.29, 1.82) is 0 Å². The van der Waals surface area contributed by atoms with Crippen molar-refractivity contribution in [2.45, 2.75) is 25.4 Å². The fourth-order valence-corrected chi connectivity index (χ4v) is 1.54. The van der Waals surface area contributed by atoms with E-state index in [1.54, 1.807) is 11.8 Å². The molecule has 0 aliphatic carbocycles. The van der Waals surface area contributed by atoms with Gasteiger partial charge in [-0.05, 0) is 24.8 Å². The summed E-state index contributed by atoms with van der Waals surface area (Å²) in [5, 5.41) is 13.8. The molecule has 1 heterocycles. The van der Waals surface area contributed by atoms with Gasteiger partial charge in [0, 0.05) is 27.0 Å². The van der Waals surface area contributed by atoms with E-state index in [0.29, 0.717) is 26.2 Å². The van der Waals surface area contributed by atoms with Crippen molar-refractivity contribution in [2.75, 3.05) is 26.9 Å². The van der Waals surface area contributed by atoms with E-state index < -0.39 is 0 Å². The molecule has 17 heavy (non-hydrogen) atoms. The van der Waals surface area contributed by atoms with Crippen LogP contribution in [0.25, 0.3) is 0 Å². The van der Waals surface area contributed by atoms with Gasteiger partial charge in [0.1, 0.15) is 0 Å². The molecule has 0 aliphatic heterocycles.